The number of fused-ring (bicyclic) bond motifs is 1. The highest BCUT2D eigenvalue weighted by Gasteiger charge is 2.14. The van der Waals surface area contributed by atoms with Gasteiger partial charge in [-0.3, -0.25) is 4.79 Å². The van der Waals surface area contributed by atoms with Gasteiger partial charge in [0.1, 0.15) is 11.3 Å². The Morgan fingerprint density at radius 2 is 1.67 bits per heavy atom. The van der Waals surface area contributed by atoms with Crippen molar-refractivity contribution in [3.8, 4) is 23.0 Å². The fourth-order valence-electron chi connectivity index (χ4n) is 2.94. The van der Waals surface area contributed by atoms with Crippen molar-refractivity contribution in [2.45, 2.75) is 0 Å². The average Bonchev–Trinajstić information content (AvgIpc) is 3.17. The number of aromatic nitrogens is 1. The van der Waals surface area contributed by atoms with E-state index in [4.69, 9.17) is 37.1 Å². The molecule has 4 aromatic rings. The Kier molecular flexibility index (Phi) is 5.53. The molecule has 0 spiro atoms. The summed E-state index contributed by atoms with van der Waals surface area (Å²) in [6.07, 6.45) is 0. The molecule has 0 aliphatic heterocycles. The van der Waals surface area contributed by atoms with Crippen LogP contribution in [-0.2, 0) is 0 Å². The van der Waals surface area contributed by atoms with Crippen LogP contribution < -0.4 is 14.8 Å². The predicted octanol–water partition coefficient (Wildman–Crippen LogP) is 6.07. The minimum Gasteiger partial charge on any atom is -0.497 e. The molecular formula is C22H16Cl2N2O4. The number of carbonyl (C=O) groups is 1. The van der Waals surface area contributed by atoms with Gasteiger partial charge in [0.15, 0.2) is 11.3 Å². The summed E-state index contributed by atoms with van der Waals surface area (Å²) < 4.78 is 16.1. The Morgan fingerprint density at radius 1 is 0.967 bits per heavy atom. The van der Waals surface area contributed by atoms with Gasteiger partial charge in [-0.25, -0.2) is 4.98 Å². The average molecular weight is 443 g/mol. The van der Waals surface area contributed by atoms with Gasteiger partial charge in [-0.1, -0.05) is 23.2 Å². The summed E-state index contributed by atoms with van der Waals surface area (Å²) in [4.78, 5) is 17.0. The Labute approximate surface area is 182 Å². The van der Waals surface area contributed by atoms with Crippen LogP contribution in [0.2, 0.25) is 10.0 Å². The highest BCUT2D eigenvalue weighted by molar-refractivity contribution is 6.37. The molecule has 4 rings (SSSR count). The first kappa shape index (κ1) is 20.1. The molecule has 8 heteroatoms. The van der Waals surface area contributed by atoms with Gasteiger partial charge in [0.25, 0.3) is 5.91 Å². The van der Waals surface area contributed by atoms with Crippen LogP contribution in [0.3, 0.4) is 0 Å². The summed E-state index contributed by atoms with van der Waals surface area (Å²) in [7, 11) is 3.06. The van der Waals surface area contributed by atoms with E-state index in [1.54, 1.807) is 19.2 Å². The van der Waals surface area contributed by atoms with Gasteiger partial charge in [-0.05, 0) is 48.5 Å². The number of ether oxygens (including phenoxy) is 2. The van der Waals surface area contributed by atoms with Gasteiger partial charge < -0.3 is 19.2 Å². The Hall–Kier alpha value is -3.22. The topological polar surface area (TPSA) is 73.6 Å². The van der Waals surface area contributed by atoms with E-state index in [0.29, 0.717) is 39.7 Å². The first-order chi connectivity index (χ1) is 14.5. The standard InChI is InChI=1S/C22H16Cl2N2O4/c1-28-15-7-8-19-18(11-15)26-22(30-19)12-3-5-14(6-4-12)25-21(27)13-9-16(23)20(29-2)17(24)10-13/h3-11H,1-2H3,(H,25,27). The third-order valence-electron chi connectivity index (χ3n) is 4.45. The van der Waals surface area contributed by atoms with Gasteiger partial charge in [0, 0.05) is 22.9 Å². The summed E-state index contributed by atoms with van der Waals surface area (Å²) in [5.74, 6) is 1.17. The Balaban J connectivity index is 1.53. The summed E-state index contributed by atoms with van der Waals surface area (Å²) in [5.41, 5.74) is 3.07. The van der Waals surface area contributed by atoms with Crippen molar-refractivity contribution in [3.63, 3.8) is 0 Å². The van der Waals surface area contributed by atoms with E-state index in [1.165, 1.54) is 19.2 Å². The number of oxazole rings is 1. The molecule has 0 fully saturated rings. The third-order valence-corrected chi connectivity index (χ3v) is 5.01. The van der Waals surface area contributed by atoms with E-state index in [0.717, 1.165) is 5.56 Å². The minimum atomic E-state index is -0.344. The van der Waals surface area contributed by atoms with Crippen molar-refractivity contribution < 1.29 is 18.7 Å². The lowest BCUT2D eigenvalue weighted by Crippen LogP contribution is -2.12. The van der Waals surface area contributed by atoms with E-state index >= 15 is 0 Å². The van der Waals surface area contributed by atoms with E-state index in [1.807, 2.05) is 30.3 Å². The van der Waals surface area contributed by atoms with Crippen molar-refractivity contribution in [1.29, 1.82) is 0 Å². The van der Waals surface area contributed by atoms with Crippen LogP contribution in [0, 0.1) is 0 Å². The number of rotatable bonds is 5. The molecule has 0 saturated heterocycles. The lowest BCUT2D eigenvalue weighted by atomic mass is 10.1. The lowest BCUT2D eigenvalue weighted by Gasteiger charge is -2.09. The summed E-state index contributed by atoms with van der Waals surface area (Å²) in [6.45, 7) is 0. The zero-order valence-corrected chi connectivity index (χ0v) is 17.5. The number of anilines is 1. The smallest absolute Gasteiger partial charge is 0.255 e. The Bertz CT molecular complexity index is 1210. The van der Waals surface area contributed by atoms with E-state index in [2.05, 4.69) is 10.3 Å². The van der Waals surface area contributed by atoms with Crippen LogP contribution in [-0.4, -0.2) is 25.1 Å². The molecule has 1 aromatic heterocycles. The number of halogens is 2. The van der Waals surface area contributed by atoms with Crippen LogP contribution in [0.5, 0.6) is 11.5 Å². The molecule has 0 bridgehead atoms. The highest BCUT2D eigenvalue weighted by Crippen LogP contribution is 2.34. The van der Waals surface area contributed by atoms with Crippen molar-refractivity contribution >= 4 is 45.9 Å². The Morgan fingerprint density at radius 3 is 2.30 bits per heavy atom. The molecule has 0 aliphatic rings. The number of carbonyl (C=O) groups excluding carboxylic acids is 1. The molecule has 1 N–H and O–H groups in total. The van der Waals surface area contributed by atoms with Crippen molar-refractivity contribution in [3.05, 3.63) is 70.2 Å². The molecule has 0 aliphatic carbocycles. The second-order valence-corrected chi connectivity index (χ2v) is 7.17. The van der Waals surface area contributed by atoms with E-state index in [9.17, 15) is 4.79 Å². The lowest BCUT2D eigenvalue weighted by molar-refractivity contribution is 0.102. The zero-order chi connectivity index (χ0) is 21.3. The SMILES string of the molecule is COc1ccc2oc(-c3ccc(NC(=O)c4cc(Cl)c(OC)c(Cl)c4)cc3)nc2c1. The molecule has 6 nitrogen and oxygen atoms in total. The van der Waals surface area contributed by atoms with Crippen LogP contribution in [0.25, 0.3) is 22.6 Å². The fourth-order valence-corrected chi connectivity index (χ4v) is 3.58. The fraction of sp³-hybridized carbons (Fsp3) is 0.0909. The second kappa shape index (κ2) is 8.26. The second-order valence-electron chi connectivity index (χ2n) is 6.36. The number of benzene rings is 3. The van der Waals surface area contributed by atoms with Crippen LogP contribution in [0.4, 0.5) is 5.69 Å². The van der Waals surface area contributed by atoms with Gasteiger partial charge in [-0.2, -0.15) is 0 Å². The maximum absolute atomic E-state index is 12.5. The molecule has 3 aromatic carbocycles. The predicted molar refractivity (Wildman–Crippen MR) is 117 cm³/mol. The van der Waals surface area contributed by atoms with Crippen molar-refractivity contribution in [2.75, 3.05) is 19.5 Å². The normalized spacial score (nSPS) is 10.8. The quantitative estimate of drug-likeness (QED) is 0.405. The van der Waals surface area contributed by atoms with E-state index in [-0.39, 0.29) is 16.0 Å². The first-order valence-electron chi connectivity index (χ1n) is 8.88. The number of nitrogens with one attached hydrogen (secondary N) is 1. The molecule has 0 saturated carbocycles. The molecule has 1 heterocycles. The third kappa shape index (κ3) is 3.92. The van der Waals surface area contributed by atoms with Gasteiger partial charge >= 0.3 is 0 Å². The summed E-state index contributed by atoms with van der Waals surface area (Å²) >= 11 is 12.2. The molecule has 0 atom stereocenters. The van der Waals surface area contributed by atoms with Crippen molar-refractivity contribution in [1.82, 2.24) is 4.98 Å². The molecular weight excluding hydrogens is 427 g/mol. The maximum Gasteiger partial charge on any atom is 0.255 e. The van der Waals surface area contributed by atoms with E-state index < -0.39 is 0 Å². The minimum absolute atomic E-state index is 0.262. The van der Waals surface area contributed by atoms with Gasteiger partial charge in [0.2, 0.25) is 5.89 Å². The van der Waals surface area contributed by atoms with Crippen molar-refractivity contribution in [2.24, 2.45) is 0 Å². The maximum atomic E-state index is 12.5. The van der Waals surface area contributed by atoms with Gasteiger partial charge in [-0.15, -0.1) is 0 Å². The van der Waals surface area contributed by atoms with Crippen LogP contribution in [0.1, 0.15) is 10.4 Å². The molecule has 152 valence electrons. The van der Waals surface area contributed by atoms with Gasteiger partial charge in [0.05, 0.1) is 24.3 Å². The monoisotopic (exact) mass is 442 g/mol. The number of nitrogens with zero attached hydrogens (tertiary/aromatic N) is 1. The number of hydrogen-bond acceptors (Lipinski definition) is 5. The summed E-state index contributed by atoms with van der Waals surface area (Å²) in [5, 5.41) is 3.33. The first-order valence-corrected chi connectivity index (χ1v) is 9.63. The molecule has 0 radical (unpaired) electrons. The van der Waals surface area contributed by atoms with Crippen LogP contribution >= 0.6 is 23.2 Å². The zero-order valence-electron chi connectivity index (χ0n) is 16.0. The van der Waals surface area contributed by atoms with Crippen LogP contribution in [0.15, 0.2) is 59.0 Å². The largest absolute Gasteiger partial charge is 0.497 e. The number of methoxy groups -OCH3 is 2. The molecule has 1 amide bonds. The summed E-state index contributed by atoms with van der Waals surface area (Å²) in [6, 6.07) is 15.6. The highest BCUT2D eigenvalue weighted by atomic mass is 35.5. The number of amides is 1. The number of hydrogen-bond donors (Lipinski definition) is 1. The molecule has 30 heavy (non-hydrogen) atoms. The molecule has 0 unspecified atom stereocenters.